The van der Waals surface area contributed by atoms with E-state index in [1.165, 1.54) is 11.3 Å². The van der Waals surface area contributed by atoms with Crippen molar-refractivity contribution in [3.63, 3.8) is 0 Å². The molecule has 0 saturated heterocycles. The minimum atomic E-state index is -0.0170. The molecule has 0 N–H and O–H groups in total. The molecule has 2 heterocycles. The van der Waals surface area contributed by atoms with E-state index in [4.69, 9.17) is 14.2 Å². The summed E-state index contributed by atoms with van der Waals surface area (Å²) in [5.74, 6) is 1.82. The van der Waals surface area contributed by atoms with Crippen LogP contribution in [0.1, 0.15) is 15.2 Å². The Morgan fingerprint density at radius 1 is 1.40 bits per heavy atom. The monoisotopic (exact) mass is 288 g/mol. The normalized spacial score (nSPS) is 12.8. The van der Waals surface area contributed by atoms with Gasteiger partial charge in [-0.05, 0) is 35.2 Å². The molecule has 1 aromatic carbocycles. The zero-order valence-electron chi connectivity index (χ0n) is 10.8. The molecule has 0 bridgehead atoms. The van der Waals surface area contributed by atoms with Gasteiger partial charge in [0.05, 0.1) is 12.0 Å². The molecule has 0 aliphatic carbocycles. The maximum absolute atomic E-state index is 11.9. The Bertz CT molecular complexity index is 659. The number of methoxy groups -OCH3 is 1. The zero-order chi connectivity index (χ0) is 13.9. The second kappa shape index (κ2) is 5.38. The summed E-state index contributed by atoms with van der Waals surface area (Å²) in [5, 5.41) is 1.88. The average molecular weight is 288 g/mol. The van der Waals surface area contributed by atoms with Crippen LogP contribution in [0.15, 0.2) is 35.7 Å². The van der Waals surface area contributed by atoms with Crippen LogP contribution in [0.3, 0.4) is 0 Å². The Kier molecular flexibility index (Phi) is 3.43. The second-order valence-electron chi connectivity index (χ2n) is 4.13. The number of hydrogen-bond donors (Lipinski definition) is 0. The van der Waals surface area contributed by atoms with Crippen LogP contribution in [0.25, 0.3) is 6.08 Å². The molecule has 0 unspecified atom stereocenters. The van der Waals surface area contributed by atoms with Crippen LogP contribution < -0.4 is 14.2 Å². The number of rotatable bonds is 4. The SMILES string of the molecule is COc1cc(/C=C/C(=O)c2cccs2)cc2c1OCO2. The van der Waals surface area contributed by atoms with Crippen LogP contribution in [0, 0.1) is 0 Å². The van der Waals surface area contributed by atoms with Gasteiger partial charge in [0.1, 0.15) is 0 Å². The quantitative estimate of drug-likeness (QED) is 0.639. The summed E-state index contributed by atoms with van der Waals surface area (Å²) in [6, 6.07) is 7.29. The van der Waals surface area contributed by atoms with E-state index in [1.54, 1.807) is 25.3 Å². The highest BCUT2D eigenvalue weighted by atomic mass is 32.1. The van der Waals surface area contributed by atoms with Crippen LogP contribution in [0.5, 0.6) is 17.2 Å². The van der Waals surface area contributed by atoms with Gasteiger partial charge < -0.3 is 14.2 Å². The van der Waals surface area contributed by atoms with E-state index in [2.05, 4.69) is 0 Å². The first kappa shape index (κ1) is 12.7. The molecule has 5 heteroatoms. The van der Waals surface area contributed by atoms with Crippen LogP contribution in [-0.2, 0) is 0 Å². The smallest absolute Gasteiger partial charge is 0.231 e. The molecule has 0 atom stereocenters. The van der Waals surface area contributed by atoms with Crippen molar-refractivity contribution in [3.8, 4) is 17.2 Å². The highest BCUT2D eigenvalue weighted by Gasteiger charge is 2.19. The first-order valence-corrected chi connectivity index (χ1v) is 6.89. The van der Waals surface area contributed by atoms with E-state index < -0.39 is 0 Å². The fourth-order valence-electron chi connectivity index (χ4n) is 1.92. The van der Waals surface area contributed by atoms with Crippen molar-refractivity contribution in [1.82, 2.24) is 0 Å². The van der Waals surface area contributed by atoms with Crippen molar-refractivity contribution in [2.45, 2.75) is 0 Å². The molecule has 20 heavy (non-hydrogen) atoms. The lowest BCUT2D eigenvalue weighted by Crippen LogP contribution is -1.93. The number of ether oxygens (including phenoxy) is 3. The summed E-state index contributed by atoms with van der Waals surface area (Å²) in [6.07, 6.45) is 3.29. The van der Waals surface area contributed by atoms with Crippen LogP contribution in [0.2, 0.25) is 0 Å². The first-order chi connectivity index (χ1) is 9.78. The molecule has 0 saturated carbocycles. The predicted molar refractivity (Wildman–Crippen MR) is 76.8 cm³/mol. The maximum atomic E-state index is 11.9. The molecule has 0 amide bonds. The molecule has 0 radical (unpaired) electrons. The first-order valence-electron chi connectivity index (χ1n) is 6.01. The summed E-state index contributed by atoms with van der Waals surface area (Å²) in [5.41, 5.74) is 0.830. The van der Waals surface area contributed by atoms with E-state index in [0.717, 1.165) is 5.56 Å². The molecule has 102 valence electrons. The van der Waals surface area contributed by atoms with Gasteiger partial charge in [0.2, 0.25) is 12.5 Å². The van der Waals surface area contributed by atoms with Gasteiger partial charge >= 0.3 is 0 Å². The Morgan fingerprint density at radius 2 is 2.30 bits per heavy atom. The highest BCUT2D eigenvalue weighted by molar-refractivity contribution is 7.12. The molecule has 4 nitrogen and oxygen atoms in total. The van der Waals surface area contributed by atoms with Crippen molar-refractivity contribution < 1.29 is 19.0 Å². The van der Waals surface area contributed by atoms with Crippen molar-refractivity contribution in [2.75, 3.05) is 13.9 Å². The Balaban J connectivity index is 1.86. The number of carbonyl (C=O) groups is 1. The fraction of sp³-hybridized carbons (Fsp3) is 0.133. The highest BCUT2D eigenvalue weighted by Crippen LogP contribution is 2.42. The second-order valence-corrected chi connectivity index (χ2v) is 5.08. The molecule has 1 aromatic heterocycles. The molecule has 1 aliphatic rings. The van der Waals surface area contributed by atoms with Gasteiger partial charge in [-0.2, -0.15) is 0 Å². The number of allylic oxidation sites excluding steroid dienone is 1. The standard InChI is InChI=1S/C15H12O4S/c1-17-12-7-10(8-13-15(12)19-9-18-13)4-5-11(16)14-3-2-6-20-14/h2-8H,9H2,1H3/b5-4+. The van der Waals surface area contributed by atoms with E-state index in [1.807, 2.05) is 23.6 Å². The largest absolute Gasteiger partial charge is 0.493 e. The lowest BCUT2D eigenvalue weighted by Gasteiger charge is -2.05. The van der Waals surface area contributed by atoms with E-state index in [9.17, 15) is 4.79 Å². The summed E-state index contributed by atoms with van der Waals surface area (Å²) < 4.78 is 15.9. The van der Waals surface area contributed by atoms with Crippen molar-refractivity contribution in [1.29, 1.82) is 0 Å². The van der Waals surface area contributed by atoms with Crippen molar-refractivity contribution in [3.05, 3.63) is 46.2 Å². The molecule has 0 fully saturated rings. The number of carbonyl (C=O) groups excluding carboxylic acids is 1. The molecular weight excluding hydrogens is 276 g/mol. The van der Waals surface area contributed by atoms with Gasteiger partial charge in [-0.1, -0.05) is 12.1 Å². The average Bonchev–Trinajstić information content (AvgIpc) is 3.14. The molecule has 0 spiro atoms. The third-order valence-electron chi connectivity index (χ3n) is 2.87. The molecule has 1 aliphatic heterocycles. The molecule has 2 aromatic rings. The summed E-state index contributed by atoms with van der Waals surface area (Å²) in [4.78, 5) is 12.6. The van der Waals surface area contributed by atoms with E-state index >= 15 is 0 Å². The van der Waals surface area contributed by atoms with Gasteiger partial charge in [0, 0.05) is 0 Å². The third kappa shape index (κ3) is 2.40. The molecule has 3 rings (SSSR count). The van der Waals surface area contributed by atoms with E-state index in [0.29, 0.717) is 22.1 Å². The number of fused-ring (bicyclic) bond motifs is 1. The minimum absolute atomic E-state index is 0.0170. The van der Waals surface area contributed by atoms with Crippen molar-refractivity contribution >= 4 is 23.2 Å². The van der Waals surface area contributed by atoms with E-state index in [-0.39, 0.29) is 12.6 Å². The van der Waals surface area contributed by atoms with Gasteiger partial charge in [-0.15, -0.1) is 11.3 Å². The number of thiophene rings is 1. The van der Waals surface area contributed by atoms with Gasteiger partial charge in [-0.25, -0.2) is 0 Å². The number of benzene rings is 1. The van der Waals surface area contributed by atoms with Gasteiger partial charge in [0.15, 0.2) is 17.3 Å². The summed E-state index contributed by atoms with van der Waals surface area (Å²) in [7, 11) is 1.57. The fourth-order valence-corrected chi connectivity index (χ4v) is 2.56. The summed E-state index contributed by atoms with van der Waals surface area (Å²) >= 11 is 1.42. The minimum Gasteiger partial charge on any atom is -0.493 e. The van der Waals surface area contributed by atoms with Crippen LogP contribution >= 0.6 is 11.3 Å². The number of hydrogen-bond acceptors (Lipinski definition) is 5. The van der Waals surface area contributed by atoms with Gasteiger partial charge in [-0.3, -0.25) is 4.79 Å². The molecular formula is C15H12O4S. The lowest BCUT2D eigenvalue weighted by atomic mass is 10.1. The zero-order valence-corrected chi connectivity index (χ0v) is 11.6. The Morgan fingerprint density at radius 3 is 3.05 bits per heavy atom. The van der Waals surface area contributed by atoms with Gasteiger partial charge in [0.25, 0.3) is 0 Å². The predicted octanol–water partition coefficient (Wildman–Crippen LogP) is 3.38. The van der Waals surface area contributed by atoms with Crippen LogP contribution in [-0.4, -0.2) is 19.7 Å². The van der Waals surface area contributed by atoms with Crippen molar-refractivity contribution in [2.24, 2.45) is 0 Å². The summed E-state index contributed by atoms with van der Waals surface area (Å²) in [6.45, 7) is 0.187. The lowest BCUT2D eigenvalue weighted by molar-refractivity contribution is 0.105. The Hall–Kier alpha value is -2.27. The topological polar surface area (TPSA) is 44.8 Å². The third-order valence-corrected chi connectivity index (χ3v) is 3.76. The number of ketones is 1. The maximum Gasteiger partial charge on any atom is 0.231 e. The Labute approximate surface area is 120 Å². The van der Waals surface area contributed by atoms with Crippen LogP contribution in [0.4, 0.5) is 0 Å².